The largest absolute Gasteiger partial charge is 0.466 e. The van der Waals surface area contributed by atoms with Gasteiger partial charge >= 0.3 is 6.85 Å². The molecule has 2 aromatic heterocycles. The van der Waals surface area contributed by atoms with Gasteiger partial charge in [0.05, 0.1) is 11.4 Å². The van der Waals surface area contributed by atoms with E-state index in [1.807, 2.05) is 0 Å². The summed E-state index contributed by atoms with van der Waals surface area (Å²) in [6, 6.07) is 53.6. The average Bonchev–Trinajstić information content (AvgIpc) is 3.59. The minimum absolute atomic E-state index is 0.0200. The molecule has 392 valence electrons. The molecule has 0 amide bonds. The number of benzene rings is 7. The summed E-state index contributed by atoms with van der Waals surface area (Å²) in [5, 5.41) is 4.13. The van der Waals surface area contributed by atoms with Gasteiger partial charge in [-0.3, -0.25) is 0 Å². The molecule has 0 spiro atoms. The zero-order valence-corrected chi connectivity index (χ0v) is 47.6. The van der Waals surface area contributed by atoms with Crippen molar-refractivity contribution in [2.24, 2.45) is 11.8 Å². The summed E-state index contributed by atoms with van der Waals surface area (Å²) in [6.45, 7) is 16.8. The molecule has 5 aliphatic carbocycles. The molecule has 3 nitrogen and oxygen atoms in total. The van der Waals surface area contributed by atoms with Crippen molar-refractivity contribution >= 4 is 67.8 Å². The second-order valence-corrected chi connectivity index (χ2v) is 28.7. The standard InChI is InChI=1S/C74H77BN2O/c1-70(2,3)51-26-28-62(54(38-51)49-24-12-9-13-25-49)76-64-37-50(48-22-10-8-11-23-48)36-56-58-41-53(74-32-16-20-47(45-74)21-17-33-74)40-57-55-39-52(73-30-14-18-46(44-73)19-15-31-73)27-29-63(55)77(67(57)58)75(66(56)64)69-68(76)59-42-60-61(43-65(59)78-69)72(6,7)35-34-71(60,4)5/h8-13,22-29,36-43,46-47H,14-21,30-35,44-45H2,1-7H3. The molecule has 0 unspecified atom stereocenters. The van der Waals surface area contributed by atoms with Crippen molar-refractivity contribution in [3.05, 3.63) is 161 Å². The van der Waals surface area contributed by atoms with Gasteiger partial charge in [-0.2, -0.15) is 0 Å². The van der Waals surface area contributed by atoms with Crippen molar-refractivity contribution in [3.63, 3.8) is 0 Å². The van der Waals surface area contributed by atoms with E-state index in [1.165, 1.54) is 190 Å². The number of hydrogen-bond acceptors (Lipinski definition) is 2. The van der Waals surface area contributed by atoms with E-state index in [9.17, 15) is 0 Å². The Morgan fingerprint density at radius 2 is 1.13 bits per heavy atom. The molecule has 0 atom stereocenters. The van der Waals surface area contributed by atoms with Crippen LogP contribution in [-0.2, 0) is 27.1 Å². The summed E-state index contributed by atoms with van der Waals surface area (Å²) >= 11 is 0. The second-order valence-electron chi connectivity index (χ2n) is 28.7. The van der Waals surface area contributed by atoms with Gasteiger partial charge in [-0.25, -0.2) is 0 Å². The van der Waals surface area contributed by atoms with E-state index >= 15 is 0 Å². The van der Waals surface area contributed by atoms with E-state index in [4.69, 9.17) is 4.42 Å². The Morgan fingerprint density at radius 3 is 1.78 bits per heavy atom. The first-order valence-corrected chi connectivity index (χ1v) is 30.7. The van der Waals surface area contributed by atoms with Crippen molar-refractivity contribution < 1.29 is 4.42 Å². The lowest BCUT2D eigenvalue weighted by Gasteiger charge is -2.46. The second kappa shape index (κ2) is 16.7. The van der Waals surface area contributed by atoms with Crippen molar-refractivity contribution in [2.45, 2.75) is 178 Å². The Balaban J connectivity index is 1.06. The highest BCUT2D eigenvalue weighted by Crippen LogP contribution is 2.58. The predicted octanol–water partition coefficient (Wildman–Crippen LogP) is 19.2. The quantitative estimate of drug-likeness (QED) is 0.160. The van der Waals surface area contributed by atoms with E-state index in [1.54, 1.807) is 11.1 Å². The minimum Gasteiger partial charge on any atom is -0.466 e. The van der Waals surface area contributed by atoms with Crippen LogP contribution in [0.5, 0.6) is 0 Å². The van der Waals surface area contributed by atoms with Crippen LogP contribution in [0.25, 0.3) is 66.2 Å². The fraction of sp³-hybridized carbons (Fsp3) is 0.405. The molecule has 16 rings (SSSR count). The van der Waals surface area contributed by atoms with Crippen LogP contribution in [0, 0.1) is 11.8 Å². The summed E-state index contributed by atoms with van der Waals surface area (Å²) in [5.74, 6) is 1.70. The lowest BCUT2D eigenvalue weighted by atomic mass is 9.47. The maximum Gasteiger partial charge on any atom is 0.375 e. The van der Waals surface area contributed by atoms with E-state index in [2.05, 4.69) is 191 Å². The SMILES string of the molecule is CC(C)(C)c1ccc(N2c3cc(-c4ccccc4)cc4c3B(c3oc5cc6c(cc5c32)C(C)(C)CCC6(C)C)n2c3ccc(C56CCCC(CCC5)C6)cc3c3cc(C56CCCC(CCC5)C6)cc-4c32)c(-c2ccccc2)c1. The van der Waals surface area contributed by atoms with Gasteiger partial charge in [0.15, 0.2) is 0 Å². The van der Waals surface area contributed by atoms with Crippen molar-refractivity contribution in [1.29, 1.82) is 0 Å². The highest BCUT2D eigenvalue weighted by Gasteiger charge is 2.50. The van der Waals surface area contributed by atoms with Gasteiger partial charge in [0.2, 0.25) is 0 Å². The van der Waals surface area contributed by atoms with Crippen LogP contribution in [0.3, 0.4) is 0 Å². The van der Waals surface area contributed by atoms with Gasteiger partial charge in [0.1, 0.15) is 11.2 Å². The molecule has 4 fully saturated rings. The molecule has 4 saturated carbocycles. The first-order valence-electron chi connectivity index (χ1n) is 30.7. The number of anilines is 3. The number of fused-ring (bicyclic) bond motifs is 14. The summed E-state index contributed by atoms with van der Waals surface area (Å²) in [7, 11) is 0. The summed E-state index contributed by atoms with van der Waals surface area (Å²) < 4.78 is 10.7. The Kier molecular flexibility index (Phi) is 10.2. The molecule has 0 saturated heterocycles. The van der Waals surface area contributed by atoms with Crippen molar-refractivity contribution in [2.75, 3.05) is 4.90 Å². The molecule has 7 aliphatic rings. The zero-order valence-electron chi connectivity index (χ0n) is 47.6. The lowest BCUT2D eigenvalue weighted by Crippen LogP contribution is -2.56. The number of rotatable bonds is 5. The molecule has 2 aliphatic heterocycles. The number of aromatic nitrogens is 1. The summed E-state index contributed by atoms with van der Waals surface area (Å²) in [5.41, 5.74) is 25.5. The first-order chi connectivity index (χ1) is 37.7. The lowest BCUT2D eigenvalue weighted by molar-refractivity contribution is 0.149. The first kappa shape index (κ1) is 47.7. The molecule has 9 aromatic rings. The molecule has 78 heavy (non-hydrogen) atoms. The Hall–Kier alpha value is -6.26. The fourth-order valence-electron chi connectivity index (χ4n) is 18.0. The fourth-order valence-corrected chi connectivity index (χ4v) is 18.0. The number of hydrogen-bond donors (Lipinski definition) is 0. The van der Waals surface area contributed by atoms with Crippen molar-refractivity contribution in [3.8, 4) is 33.4 Å². The van der Waals surface area contributed by atoms with Crippen LogP contribution >= 0.6 is 0 Å². The van der Waals surface area contributed by atoms with Crippen LogP contribution in [0.1, 0.15) is 179 Å². The zero-order chi connectivity index (χ0) is 52.7. The van der Waals surface area contributed by atoms with Crippen LogP contribution in [0.4, 0.5) is 17.1 Å². The highest BCUT2D eigenvalue weighted by atomic mass is 16.3. The van der Waals surface area contributed by atoms with Crippen molar-refractivity contribution in [1.82, 2.24) is 4.48 Å². The Labute approximate surface area is 463 Å². The normalized spacial score (nSPS) is 24.6. The summed E-state index contributed by atoms with van der Waals surface area (Å²) in [6.07, 6.45) is 21.3. The third-order valence-corrected chi connectivity index (χ3v) is 22.2. The van der Waals surface area contributed by atoms with E-state index in [0.717, 1.165) is 35.9 Å². The third-order valence-electron chi connectivity index (χ3n) is 22.2. The van der Waals surface area contributed by atoms with Crippen LogP contribution in [0.2, 0.25) is 0 Å². The monoisotopic (exact) mass is 1020 g/mol. The van der Waals surface area contributed by atoms with Gasteiger partial charge in [0.25, 0.3) is 0 Å². The minimum atomic E-state index is -0.187. The van der Waals surface area contributed by atoms with Gasteiger partial charge < -0.3 is 13.8 Å². The van der Waals surface area contributed by atoms with Gasteiger partial charge in [-0.15, -0.1) is 0 Å². The van der Waals surface area contributed by atoms with Gasteiger partial charge in [-0.1, -0.05) is 173 Å². The highest BCUT2D eigenvalue weighted by molar-refractivity contribution is 6.89. The number of furan rings is 1. The predicted molar refractivity (Wildman–Crippen MR) is 330 cm³/mol. The molecule has 4 heteroatoms. The van der Waals surface area contributed by atoms with Crippen LogP contribution < -0.4 is 16.0 Å². The molecular formula is C74H77BN2O. The molecule has 7 aromatic carbocycles. The Morgan fingerprint density at radius 1 is 0.513 bits per heavy atom. The molecular weight excluding hydrogens is 944 g/mol. The van der Waals surface area contributed by atoms with Crippen LogP contribution in [-0.4, -0.2) is 11.3 Å². The summed E-state index contributed by atoms with van der Waals surface area (Å²) in [4.78, 5) is 2.70. The maximum atomic E-state index is 7.90. The average molecular weight is 1020 g/mol. The van der Waals surface area contributed by atoms with E-state index < -0.39 is 0 Å². The van der Waals surface area contributed by atoms with E-state index in [-0.39, 0.29) is 33.9 Å². The topological polar surface area (TPSA) is 21.3 Å². The van der Waals surface area contributed by atoms with E-state index in [0.29, 0.717) is 0 Å². The Bertz CT molecular complexity index is 3930. The molecule has 0 N–H and O–H groups in total. The molecule has 4 bridgehead atoms. The van der Waals surface area contributed by atoms with Gasteiger partial charge in [-0.05, 0) is 206 Å². The smallest absolute Gasteiger partial charge is 0.375 e. The molecule has 0 radical (unpaired) electrons. The number of nitrogens with zero attached hydrogens (tertiary/aromatic N) is 2. The maximum absolute atomic E-state index is 7.90. The molecule has 4 heterocycles. The van der Waals surface area contributed by atoms with Gasteiger partial charge in [0, 0.05) is 44.0 Å². The third kappa shape index (κ3) is 6.89. The van der Waals surface area contributed by atoms with Crippen LogP contribution in [0.15, 0.2) is 138 Å².